The zero-order valence-corrected chi connectivity index (χ0v) is 11.7. The Morgan fingerprint density at radius 2 is 1.95 bits per heavy atom. The number of rotatable bonds is 4. The van der Waals surface area contributed by atoms with E-state index in [1.165, 1.54) is 17.3 Å². The van der Waals surface area contributed by atoms with Gasteiger partial charge < -0.3 is 5.11 Å². The molecule has 1 aliphatic rings. The van der Waals surface area contributed by atoms with Crippen molar-refractivity contribution in [3.05, 3.63) is 29.1 Å². The lowest BCUT2D eigenvalue weighted by Crippen LogP contribution is -2.33. The number of hydrogen-bond acceptors (Lipinski definition) is 3. The van der Waals surface area contributed by atoms with Gasteiger partial charge >= 0.3 is 16.2 Å². The molecule has 1 fully saturated rings. The molecule has 0 aromatic heterocycles. The van der Waals surface area contributed by atoms with Gasteiger partial charge in [0.25, 0.3) is 0 Å². The van der Waals surface area contributed by atoms with E-state index in [1.807, 2.05) is 0 Å². The van der Waals surface area contributed by atoms with Crippen molar-refractivity contribution in [1.29, 1.82) is 0 Å². The number of carboxylic acid groups (broad SMARTS) is 1. The zero-order valence-electron chi connectivity index (χ0n) is 10.9. The predicted molar refractivity (Wildman–Crippen MR) is 71.4 cm³/mol. The van der Waals surface area contributed by atoms with Crippen molar-refractivity contribution < 1.29 is 22.7 Å². The molecule has 0 spiro atoms. The lowest BCUT2D eigenvalue weighted by Gasteiger charge is -2.18. The van der Waals surface area contributed by atoms with Gasteiger partial charge in [0.2, 0.25) is 0 Å². The molecule has 2 N–H and O–H groups in total. The number of nitrogens with zero attached hydrogens (tertiary/aromatic N) is 1. The number of halogens is 1. The number of hydrogen-bond donors (Lipinski definition) is 2. The predicted octanol–water partition coefficient (Wildman–Crippen LogP) is 1.58. The molecule has 1 aliphatic heterocycles. The van der Waals surface area contributed by atoms with Crippen LogP contribution < -0.4 is 4.72 Å². The first-order chi connectivity index (χ1) is 9.31. The van der Waals surface area contributed by atoms with E-state index < -0.39 is 22.0 Å². The van der Waals surface area contributed by atoms with Crippen molar-refractivity contribution in [3.63, 3.8) is 0 Å². The van der Waals surface area contributed by atoms with Crippen LogP contribution in [-0.2, 0) is 10.2 Å². The summed E-state index contributed by atoms with van der Waals surface area (Å²) in [7, 11) is -3.80. The van der Waals surface area contributed by atoms with Crippen molar-refractivity contribution in [2.45, 2.75) is 19.8 Å². The van der Waals surface area contributed by atoms with Gasteiger partial charge in [0.05, 0.1) is 11.3 Å². The third-order valence-corrected chi connectivity index (χ3v) is 4.68. The van der Waals surface area contributed by atoms with E-state index >= 15 is 0 Å². The van der Waals surface area contributed by atoms with Gasteiger partial charge in [-0.2, -0.15) is 12.7 Å². The summed E-state index contributed by atoms with van der Waals surface area (Å²) in [6.07, 6.45) is 1.56. The fourth-order valence-corrected chi connectivity index (χ4v) is 3.50. The normalized spacial score (nSPS) is 16.3. The van der Waals surface area contributed by atoms with Crippen LogP contribution in [0.2, 0.25) is 0 Å². The molecule has 0 atom stereocenters. The molecule has 0 radical (unpaired) electrons. The standard InChI is InChI=1S/C12H15FN2O4S/c1-8-6-9(12(16)17)7-10(13)11(8)14-20(18,19)15-4-2-3-5-15/h6-7,14H,2-5H2,1H3,(H,16,17). The SMILES string of the molecule is Cc1cc(C(=O)O)cc(F)c1NS(=O)(=O)N1CCCC1. The largest absolute Gasteiger partial charge is 0.478 e. The molecule has 20 heavy (non-hydrogen) atoms. The van der Waals surface area contributed by atoms with E-state index in [-0.39, 0.29) is 16.8 Å². The summed E-state index contributed by atoms with van der Waals surface area (Å²) >= 11 is 0. The summed E-state index contributed by atoms with van der Waals surface area (Å²) in [5.74, 6) is -2.16. The van der Waals surface area contributed by atoms with Crippen LogP contribution >= 0.6 is 0 Å². The molecule has 2 rings (SSSR count). The quantitative estimate of drug-likeness (QED) is 0.884. The van der Waals surface area contributed by atoms with Gasteiger partial charge in [-0.1, -0.05) is 0 Å². The van der Waals surface area contributed by atoms with Crippen molar-refractivity contribution in [2.75, 3.05) is 17.8 Å². The second-order valence-corrected chi connectivity index (χ2v) is 6.34. The van der Waals surface area contributed by atoms with Crippen molar-refractivity contribution in [1.82, 2.24) is 4.31 Å². The highest BCUT2D eigenvalue weighted by atomic mass is 32.2. The topological polar surface area (TPSA) is 86.7 Å². The summed E-state index contributed by atoms with van der Waals surface area (Å²) in [6, 6.07) is 2.03. The number of aryl methyl sites for hydroxylation is 1. The van der Waals surface area contributed by atoms with E-state index in [0.717, 1.165) is 18.9 Å². The minimum atomic E-state index is -3.80. The van der Waals surface area contributed by atoms with Gasteiger partial charge in [-0.05, 0) is 37.5 Å². The Labute approximate surface area is 116 Å². The van der Waals surface area contributed by atoms with E-state index in [1.54, 1.807) is 0 Å². The van der Waals surface area contributed by atoms with Gasteiger partial charge in [-0.3, -0.25) is 4.72 Å². The number of carbonyl (C=O) groups is 1. The monoisotopic (exact) mass is 302 g/mol. The van der Waals surface area contributed by atoms with Crippen molar-refractivity contribution >= 4 is 21.9 Å². The Bertz CT molecular complexity index is 616. The second kappa shape index (κ2) is 5.37. The van der Waals surface area contributed by atoms with Gasteiger partial charge in [0.1, 0.15) is 5.82 Å². The summed E-state index contributed by atoms with van der Waals surface area (Å²) < 4.78 is 41.4. The minimum absolute atomic E-state index is 0.207. The van der Waals surface area contributed by atoms with E-state index in [4.69, 9.17) is 5.11 Å². The number of nitrogens with one attached hydrogen (secondary N) is 1. The smallest absolute Gasteiger partial charge is 0.335 e. The average Bonchev–Trinajstić information content (AvgIpc) is 2.88. The first-order valence-electron chi connectivity index (χ1n) is 6.12. The van der Waals surface area contributed by atoms with Crippen LogP contribution in [0.4, 0.5) is 10.1 Å². The van der Waals surface area contributed by atoms with Crippen LogP contribution in [-0.4, -0.2) is 36.9 Å². The first-order valence-corrected chi connectivity index (χ1v) is 7.56. The molecule has 0 amide bonds. The Morgan fingerprint density at radius 1 is 1.35 bits per heavy atom. The molecule has 1 heterocycles. The highest BCUT2D eigenvalue weighted by molar-refractivity contribution is 7.90. The summed E-state index contributed by atoms with van der Waals surface area (Å²) in [6.45, 7) is 2.27. The average molecular weight is 302 g/mol. The number of carboxylic acids is 1. The molecule has 0 unspecified atom stereocenters. The van der Waals surface area contributed by atoms with Crippen molar-refractivity contribution in [2.24, 2.45) is 0 Å². The molecule has 0 aliphatic carbocycles. The number of aromatic carboxylic acids is 1. The second-order valence-electron chi connectivity index (χ2n) is 4.67. The lowest BCUT2D eigenvalue weighted by atomic mass is 10.1. The fourth-order valence-electron chi connectivity index (χ4n) is 2.12. The molecule has 1 saturated heterocycles. The fraction of sp³-hybridized carbons (Fsp3) is 0.417. The van der Waals surface area contributed by atoms with Crippen LogP contribution in [0, 0.1) is 12.7 Å². The van der Waals surface area contributed by atoms with Crippen LogP contribution in [0.25, 0.3) is 0 Å². The Hall–Kier alpha value is -1.67. The summed E-state index contributed by atoms with van der Waals surface area (Å²) in [5, 5.41) is 8.82. The van der Waals surface area contributed by atoms with Gasteiger partial charge in [0.15, 0.2) is 0 Å². The molecular weight excluding hydrogens is 287 g/mol. The maximum Gasteiger partial charge on any atom is 0.335 e. The van der Waals surface area contributed by atoms with Crippen LogP contribution in [0.1, 0.15) is 28.8 Å². The summed E-state index contributed by atoms with van der Waals surface area (Å²) in [5.41, 5.74) is -0.198. The van der Waals surface area contributed by atoms with Crippen LogP contribution in [0.5, 0.6) is 0 Å². The minimum Gasteiger partial charge on any atom is -0.478 e. The third kappa shape index (κ3) is 2.91. The molecule has 1 aromatic carbocycles. The Kier molecular flexibility index (Phi) is 3.96. The highest BCUT2D eigenvalue weighted by Crippen LogP contribution is 2.24. The van der Waals surface area contributed by atoms with Gasteiger partial charge in [0, 0.05) is 13.1 Å². The van der Waals surface area contributed by atoms with Gasteiger partial charge in [-0.25, -0.2) is 9.18 Å². The molecule has 0 saturated carbocycles. The number of benzene rings is 1. The molecule has 6 nitrogen and oxygen atoms in total. The maximum atomic E-state index is 13.9. The highest BCUT2D eigenvalue weighted by Gasteiger charge is 2.27. The van der Waals surface area contributed by atoms with Crippen molar-refractivity contribution in [3.8, 4) is 0 Å². The van der Waals surface area contributed by atoms with E-state index in [0.29, 0.717) is 13.1 Å². The third-order valence-electron chi connectivity index (χ3n) is 3.17. The Morgan fingerprint density at radius 3 is 2.45 bits per heavy atom. The van der Waals surface area contributed by atoms with Gasteiger partial charge in [-0.15, -0.1) is 0 Å². The first kappa shape index (κ1) is 14.7. The Balaban J connectivity index is 2.32. The molecule has 8 heteroatoms. The van der Waals surface area contributed by atoms with Crippen LogP contribution in [0.15, 0.2) is 12.1 Å². The summed E-state index contributed by atoms with van der Waals surface area (Å²) in [4.78, 5) is 10.8. The van der Waals surface area contributed by atoms with Crippen LogP contribution in [0.3, 0.4) is 0 Å². The molecular formula is C12H15FN2O4S. The van der Waals surface area contributed by atoms with E-state index in [2.05, 4.69) is 4.72 Å². The van der Waals surface area contributed by atoms with E-state index in [9.17, 15) is 17.6 Å². The molecule has 110 valence electrons. The lowest BCUT2D eigenvalue weighted by molar-refractivity contribution is 0.0696. The molecule has 0 bridgehead atoms. The number of anilines is 1. The maximum absolute atomic E-state index is 13.9. The molecule has 1 aromatic rings. The zero-order chi connectivity index (χ0) is 14.9.